The van der Waals surface area contributed by atoms with Gasteiger partial charge in [-0.15, -0.1) is 0 Å². The lowest BCUT2D eigenvalue weighted by molar-refractivity contribution is -0.131. The maximum atomic E-state index is 10.9. The third-order valence-electron chi connectivity index (χ3n) is 1.38. The molecule has 74 valence electrons. The summed E-state index contributed by atoms with van der Waals surface area (Å²) in [5, 5.41) is 23.8. The smallest absolute Gasteiger partial charge is 0.177 e. The quantitative estimate of drug-likeness (QED) is 0.276. The van der Waals surface area contributed by atoms with Crippen molar-refractivity contribution < 1.29 is 15.0 Å². The van der Waals surface area contributed by atoms with Crippen LogP contribution in [0.3, 0.4) is 0 Å². The Hall–Kier alpha value is -1.14. The Bertz CT molecular complexity index is 214. The van der Waals surface area contributed by atoms with Crippen LogP contribution in [-0.4, -0.2) is 48.3 Å². The Balaban J connectivity index is 3.99. The fourth-order valence-corrected chi connectivity index (χ4v) is 0.713. The molecule has 0 rings (SSSR count). The Labute approximate surface area is 75.0 Å². The van der Waals surface area contributed by atoms with Crippen molar-refractivity contribution in [2.45, 2.75) is 12.2 Å². The van der Waals surface area contributed by atoms with Gasteiger partial charge in [0, 0.05) is 4.91 Å². The molecular weight excluding hydrogens is 176 g/mol. The second-order valence-corrected chi connectivity index (χ2v) is 2.42. The van der Waals surface area contributed by atoms with E-state index < -0.39 is 18.0 Å². The minimum absolute atomic E-state index is 0.0332. The van der Waals surface area contributed by atoms with Crippen LogP contribution in [0.4, 0.5) is 0 Å². The van der Waals surface area contributed by atoms with Gasteiger partial charge >= 0.3 is 0 Å². The van der Waals surface area contributed by atoms with E-state index in [1.165, 1.54) is 0 Å². The normalized spacial score (nSPS) is 14.4. The van der Waals surface area contributed by atoms with Gasteiger partial charge in [-0.2, -0.15) is 0 Å². The molecule has 0 spiro atoms. The van der Waals surface area contributed by atoms with Crippen LogP contribution < -0.4 is 5.32 Å². The first kappa shape index (κ1) is 11.9. The molecule has 0 fully saturated rings. The summed E-state index contributed by atoms with van der Waals surface area (Å²) in [5.41, 5.74) is 7.91. The van der Waals surface area contributed by atoms with Crippen LogP contribution >= 0.6 is 0 Å². The van der Waals surface area contributed by atoms with Gasteiger partial charge < -0.3 is 15.5 Å². The molecule has 0 bridgehead atoms. The average molecular weight is 188 g/mol. The average Bonchev–Trinajstić information content (AvgIpc) is 2.13. The van der Waals surface area contributed by atoms with Crippen molar-refractivity contribution in [3.63, 3.8) is 0 Å². The number of hydrogen-bond donors (Lipinski definition) is 3. The van der Waals surface area contributed by atoms with Gasteiger partial charge in [-0.1, -0.05) is 5.11 Å². The van der Waals surface area contributed by atoms with Crippen molar-refractivity contribution in [3.8, 4) is 0 Å². The summed E-state index contributed by atoms with van der Waals surface area (Å²) in [6.07, 6.45) is -2.84. The largest absolute Gasteiger partial charge is 0.390 e. The molecular formula is C6H12N4O3. The van der Waals surface area contributed by atoms with Crippen molar-refractivity contribution >= 4 is 5.78 Å². The lowest BCUT2D eigenvalue weighted by atomic mass is 10.1. The zero-order chi connectivity index (χ0) is 10.3. The minimum atomic E-state index is -1.50. The lowest BCUT2D eigenvalue weighted by Gasteiger charge is -2.13. The first-order chi connectivity index (χ1) is 6.13. The molecule has 7 nitrogen and oxygen atoms in total. The van der Waals surface area contributed by atoms with Crippen molar-refractivity contribution in [2.24, 2.45) is 5.11 Å². The number of aliphatic hydroxyl groups excluding tert-OH is 2. The summed E-state index contributed by atoms with van der Waals surface area (Å²) < 4.78 is 0. The monoisotopic (exact) mass is 188 g/mol. The van der Waals surface area contributed by atoms with E-state index in [4.69, 9.17) is 15.7 Å². The molecule has 0 unspecified atom stereocenters. The van der Waals surface area contributed by atoms with Gasteiger partial charge in [0.2, 0.25) is 0 Å². The minimum Gasteiger partial charge on any atom is -0.390 e. The first-order valence-electron chi connectivity index (χ1n) is 3.67. The van der Waals surface area contributed by atoms with Crippen LogP contribution in [0.15, 0.2) is 5.11 Å². The van der Waals surface area contributed by atoms with E-state index in [1.54, 1.807) is 7.05 Å². The molecule has 0 amide bonds. The Kier molecular flexibility index (Phi) is 5.82. The Morgan fingerprint density at radius 2 is 2.31 bits per heavy atom. The highest BCUT2D eigenvalue weighted by atomic mass is 16.3. The van der Waals surface area contributed by atoms with E-state index >= 15 is 0 Å². The lowest BCUT2D eigenvalue weighted by Crippen LogP contribution is -2.40. The predicted octanol–water partition coefficient (Wildman–Crippen LogP) is -1.19. The van der Waals surface area contributed by atoms with Crippen LogP contribution in [0.5, 0.6) is 0 Å². The predicted molar refractivity (Wildman–Crippen MR) is 45.0 cm³/mol. The van der Waals surface area contributed by atoms with Gasteiger partial charge in [0.15, 0.2) is 5.78 Å². The highest BCUT2D eigenvalue weighted by molar-refractivity contribution is 5.85. The first-order valence-corrected chi connectivity index (χ1v) is 3.67. The van der Waals surface area contributed by atoms with Gasteiger partial charge in [-0.05, 0) is 12.6 Å². The number of ketones is 1. The maximum absolute atomic E-state index is 10.9. The number of hydrogen-bond acceptors (Lipinski definition) is 5. The molecule has 0 radical (unpaired) electrons. The van der Waals surface area contributed by atoms with Crippen LogP contribution in [0, 0.1) is 0 Å². The molecule has 13 heavy (non-hydrogen) atoms. The van der Waals surface area contributed by atoms with Gasteiger partial charge in [0.05, 0.1) is 19.2 Å². The van der Waals surface area contributed by atoms with E-state index in [9.17, 15) is 4.79 Å². The molecule has 0 heterocycles. The summed E-state index contributed by atoms with van der Waals surface area (Å²) in [5.74, 6) is -0.539. The molecule has 0 saturated heterocycles. The van der Waals surface area contributed by atoms with E-state index in [0.717, 1.165) is 0 Å². The fourth-order valence-electron chi connectivity index (χ4n) is 0.713. The highest BCUT2D eigenvalue weighted by Gasteiger charge is 2.22. The van der Waals surface area contributed by atoms with Crippen molar-refractivity contribution in [1.82, 2.24) is 5.32 Å². The summed E-state index contributed by atoms with van der Waals surface area (Å²) in [4.78, 5) is 13.3. The number of likely N-dealkylation sites (N-methyl/N-ethyl adjacent to an activating group) is 1. The molecule has 3 N–H and O–H groups in total. The van der Waals surface area contributed by atoms with E-state index in [0.29, 0.717) is 0 Å². The van der Waals surface area contributed by atoms with Crippen molar-refractivity contribution in [2.75, 3.05) is 20.1 Å². The number of rotatable bonds is 6. The number of nitrogens with zero attached hydrogens (tertiary/aromatic N) is 3. The van der Waals surface area contributed by atoms with Crippen molar-refractivity contribution in [3.05, 3.63) is 10.4 Å². The third kappa shape index (κ3) is 4.44. The second kappa shape index (κ2) is 6.38. The van der Waals surface area contributed by atoms with E-state index in [1.807, 2.05) is 0 Å². The number of aliphatic hydroxyl groups is 2. The highest BCUT2D eigenvalue weighted by Crippen LogP contribution is 1.95. The van der Waals surface area contributed by atoms with Gasteiger partial charge in [-0.25, -0.2) is 0 Å². The Morgan fingerprint density at radius 1 is 1.69 bits per heavy atom. The topological polar surface area (TPSA) is 118 Å². The fraction of sp³-hybridized carbons (Fsp3) is 0.833. The molecule has 0 aliphatic heterocycles. The van der Waals surface area contributed by atoms with Crippen LogP contribution in [0.25, 0.3) is 10.4 Å². The summed E-state index contributed by atoms with van der Waals surface area (Å²) in [6.45, 7) is -0.346. The van der Waals surface area contributed by atoms with E-state index in [2.05, 4.69) is 15.3 Å². The van der Waals surface area contributed by atoms with E-state index in [-0.39, 0.29) is 13.1 Å². The van der Waals surface area contributed by atoms with Gasteiger partial charge in [-0.3, -0.25) is 4.79 Å². The van der Waals surface area contributed by atoms with Crippen LogP contribution in [0.1, 0.15) is 0 Å². The number of azide groups is 1. The van der Waals surface area contributed by atoms with Crippen LogP contribution in [0.2, 0.25) is 0 Å². The molecule has 0 aliphatic rings. The number of carbonyl (C=O) groups is 1. The number of Topliss-reactive ketones (excluding diaryl/α,β-unsaturated/α-hetero) is 1. The number of carbonyl (C=O) groups excluding carboxylic acids is 1. The summed E-state index contributed by atoms with van der Waals surface area (Å²) in [7, 11) is 1.55. The molecule has 7 heteroatoms. The Morgan fingerprint density at radius 3 is 2.77 bits per heavy atom. The summed E-state index contributed by atoms with van der Waals surface area (Å²) in [6, 6.07) is 0. The molecule has 0 aliphatic carbocycles. The van der Waals surface area contributed by atoms with Crippen LogP contribution in [-0.2, 0) is 4.79 Å². The van der Waals surface area contributed by atoms with Gasteiger partial charge in [0.1, 0.15) is 6.10 Å². The molecule has 2 atom stereocenters. The molecule has 0 aromatic carbocycles. The zero-order valence-electron chi connectivity index (χ0n) is 7.21. The standard InChI is InChI=1S/C6H12N4O3/c1-8-2-4(11)6(13)5(12)3-9-10-7/h5-6,8,12-13H,2-3H2,1H3/t5-,6+/m1/s1. The van der Waals surface area contributed by atoms with Crippen molar-refractivity contribution in [1.29, 1.82) is 0 Å². The number of nitrogens with one attached hydrogen (secondary N) is 1. The third-order valence-corrected chi connectivity index (χ3v) is 1.38. The second-order valence-electron chi connectivity index (χ2n) is 2.42. The zero-order valence-corrected chi connectivity index (χ0v) is 7.21. The molecule has 0 aromatic rings. The van der Waals surface area contributed by atoms with Gasteiger partial charge in [0.25, 0.3) is 0 Å². The molecule has 0 aromatic heterocycles. The summed E-state index contributed by atoms with van der Waals surface area (Å²) >= 11 is 0. The SMILES string of the molecule is CNCC(=O)[C@H](O)[C@H](O)CN=[N+]=[N-]. The maximum Gasteiger partial charge on any atom is 0.177 e. The molecule has 0 saturated carbocycles.